The van der Waals surface area contributed by atoms with Gasteiger partial charge in [-0.25, -0.2) is 4.68 Å². The molecule has 1 heterocycles. The summed E-state index contributed by atoms with van der Waals surface area (Å²) < 4.78 is 1.74. The average molecular weight is 368 g/mol. The summed E-state index contributed by atoms with van der Waals surface area (Å²) in [6.07, 6.45) is 1.76. The molecule has 4 rings (SSSR count). The zero-order valence-electron chi connectivity index (χ0n) is 15.5. The Morgan fingerprint density at radius 2 is 1.50 bits per heavy atom. The Kier molecular flexibility index (Phi) is 4.89. The van der Waals surface area contributed by atoms with E-state index in [1.165, 1.54) is 0 Å². The molecule has 4 aromatic rings. The number of nitrogens with zero attached hydrogens (tertiary/aromatic N) is 2. The highest BCUT2D eigenvalue weighted by molar-refractivity contribution is 6.00. The summed E-state index contributed by atoms with van der Waals surface area (Å²) in [5.74, 6) is -0.246. The monoisotopic (exact) mass is 368 g/mol. The lowest BCUT2D eigenvalue weighted by Crippen LogP contribution is -2.29. The third-order valence-corrected chi connectivity index (χ3v) is 4.47. The molecule has 0 radical (unpaired) electrons. The Labute approximate surface area is 163 Å². The first-order valence-electron chi connectivity index (χ1n) is 9.05. The second-order valence-electron chi connectivity index (χ2n) is 6.43. The van der Waals surface area contributed by atoms with Crippen LogP contribution in [0.15, 0.2) is 91.1 Å². The van der Waals surface area contributed by atoms with Gasteiger partial charge in [-0.1, -0.05) is 60.7 Å². The van der Waals surface area contributed by atoms with Crippen LogP contribution in [0, 0.1) is 6.92 Å². The van der Waals surface area contributed by atoms with Gasteiger partial charge in [-0.2, -0.15) is 5.10 Å². The van der Waals surface area contributed by atoms with E-state index in [9.17, 15) is 4.79 Å². The number of amides is 1. The van der Waals surface area contributed by atoms with Crippen LogP contribution in [0.5, 0.6) is 0 Å². The van der Waals surface area contributed by atoms with Crippen LogP contribution in [0.25, 0.3) is 16.9 Å². The SMILES string of the molecule is Cc1ccccc1-c1nn(-c2ccccc2)cc1C(=O)NNc1ccccc1. The standard InChI is InChI=1S/C23H20N4O/c1-17-10-8-9-15-20(17)22-21(16-27(26-22)19-13-6-3-7-14-19)23(28)25-24-18-11-4-2-5-12-18/h2-16,24H,1H3,(H,25,28). The Hall–Kier alpha value is -3.86. The number of hydrogen-bond donors (Lipinski definition) is 2. The summed E-state index contributed by atoms with van der Waals surface area (Å²) in [5.41, 5.74) is 10.6. The molecule has 0 aliphatic carbocycles. The molecule has 138 valence electrons. The van der Waals surface area contributed by atoms with Crippen LogP contribution in [0.2, 0.25) is 0 Å². The summed E-state index contributed by atoms with van der Waals surface area (Å²) in [6.45, 7) is 2.01. The topological polar surface area (TPSA) is 59.0 Å². The molecule has 0 fully saturated rings. The number of aromatic nitrogens is 2. The van der Waals surface area contributed by atoms with Gasteiger partial charge in [0.1, 0.15) is 5.69 Å². The van der Waals surface area contributed by atoms with Gasteiger partial charge in [-0.15, -0.1) is 0 Å². The van der Waals surface area contributed by atoms with Gasteiger partial charge in [0.05, 0.1) is 16.9 Å². The predicted molar refractivity (Wildman–Crippen MR) is 111 cm³/mol. The van der Waals surface area contributed by atoms with E-state index >= 15 is 0 Å². The second-order valence-corrected chi connectivity index (χ2v) is 6.43. The smallest absolute Gasteiger partial charge is 0.273 e. The van der Waals surface area contributed by atoms with E-state index in [0.29, 0.717) is 11.3 Å². The number of anilines is 1. The van der Waals surface area contributed by atoms with E-state index < -0.39 is 0 Å². The lowest BCUT2D eigenvalue weighted by atomic mass is 10.0. The summed E-state index contributed by atoms with van der Waals surface area (Å²) in [5, 5.41) is 4.72. The minimum atomic E-state index is -0.246. The summed E-state index contributed by atoms with van der Waals surface area (Å²) >= 11 is 0. The Bertz CT molecular complexity index is 1090. The Balaban J connectivity index is 1.71. The number of hydrogen-bond acceptors (Lipinski definition) is 3. The van der Waals surface area contributed by atoms with Crippen molar-refractivity contribution in [2.75, 3.05) is 5.43 Å². The normalized spacial score (nSPS) is 10.5. The first-order chi connectivity index (χ1) is 13.7. The summed E-state index contributed by atoms with van der Waals surface area (Å²) in [6, 6.07) is 27.2. The van der Waals surface area contributed by atoms with Crippen LogP contribution in [-0.4, -0.2) is 15.7 Å². The highest BCUT2D eigenvalue weighted by Gasteiger charge is 2.19. The van der Waals surface area contributed by atoms with Crippen molar-refractivity contribution in [2.45, 2.75) is 6.92 Å². The molecule has 1 aromatic heterocycles. The molecule has 3 aromatic carbocycles. The minimum Gasteiger partial charge on any atom is -0.298 e. The molecule has 5 nitrogen and oxygen atoms in total. The van der Waals surface area contributed by atoms with Crippen molar-refractivity contribution in [3.05, 3.63) is 102 Å². The fourth-order valence-electron chi connectivity index (χ4n) is 3.01. The fourth-order valence-corrected chi connectivity index (χ4v) is 3.01. The van der Waals surface area contributed by atoms with Crippen molar-refractivity contribution < 1.29 is 4.79 Å². The average Bonchev–Trinajstić information content (AvgIpc) is 3.19. The van der Waals surface area contributed by atoms with Crippen molar-refractivity contribution in [1.82, 2.24) is 15.2 Å². The van der Waals surface area contributed by atoms with Gasteiger partial charge in [-0.05, 0) is 36.8 Å². The number of para-hydroxylation sites is 2. The van der Waals surface area contributed by atoms with Gasteiger partial charge in [-0.3, -0.25) is 15.6 Å². The molecule has 1 amide bonds. The van der Waals surface area contributed by atoms with E-state index in [4.69, 9.17) is 5.10 Å². The Morgan fingerprint density at radius 3 is 2.21 bits per heavy atom. The zero-order valence-corrected chi connectivity index (χ0v) is 15.5. The van der Waals surface area contributed by atoms with Gasteiger partial charge in [0.2, 0.25) is 0 Å². The quantitative estimate of drug-likeness (QED) is 0.506. The van der Waals surface area contributed by atoms with Gasteiger partial charge < -0.3 is 0 Å². The van der Waals surface area contributed by atoms with E-state index in [2.05, 4.69) is 10.9 Å². The van der Waals surface area contributed by atoms with Gasteiger partial charge in [0.25, 0.3) is 5.91 Å². The third-order valence-electron chi connectivity index (χ3n) is 4.47. The molecule has 0 aliphatic heterocycles. The largest absolute Gasteiger partial charge is 0.298 e. The van der Waals surface area contributed by atoms with Crippen LogP contribution in [-0.2, 0) is 0 Å². The second kappa shape index (κ2) is 7.80. The highest BCUT2D eigenvalue weighted by Crippen LogP contribution is 2.26. The number of carbonyl (C=O) groups is 1. The number of benzene rings is 3. The fraction of sp³-hybridized carbons (Fsp3) is 0.0435. The minimum absolute atomic E-state index is 0.246. The molecular weight excluding hydrogens is 348 g/mol. The van der Waals surface area contributed by atoms with Crippen LogP contribution in [0.3, 0.4) is 0 Å². The van der Waals surface area contributed by atoms with E-state index in [0.717, 1.165) is 22.5 Å². The van der Waals surface area contributed by atoms with Crippen LogP contribution >= 0.6 is 0 Å². The molecule has 2 N–H and O–H groups in total. The molecule has 0 bridgehead atoms. The number of nitrogens with one attached hydrogen (secondary N) is 2. The first kappa shape index (κ1) is 17.5. The highest BCUT2D eigenvalue weighted by atomic mass is 16.2. The van der Waals surface area contributed by atoms with Crippen LogP contribution in [0.4, 0.5) is 5.69 Å². The first-order valence-corrected chi connectivity index (χ1v) is 9.05. The van der Waals surface area contributed by atoms with Crippen molar-refractivity contribution in [3.8, 4) is 16.9 Å². The Morgan fingerprint density at radius 1 is 0.857 bits per heavy atom. The van der Waals surface area contributed by atoms with E-state index in [1.807, 2.05) is 91.9 Å². The third kappa shape index (κ3) is 3.64. The van der Waals surface area contributed by atoms with Crippen LogP contribution in [0.1, 0.15) is 15.9 Å². The molecule has 0 spiro atoms. The van der Waals surface area contributed by atoms with Crippen molar-refractivity contribution >= 4 is 11.6 Å². The maximum absolute atomic E-state index is 12.9. The van der Waals surface area contributed by atoms with E-state index in [-0.39, 0.29) is 5.91 Å². The molecule has 0 saturated carbocycles. The molecule has 0 unspecified atom stereocenters. The van der Waals surface area contributed by atoms with Crippen molar-refractivity contribution in [1.29, 1.82) is 0 Å². The maximum Gasteiger partial charge on any atom is 0.273 e. The molecule has 0 atom stereocenters. The molecule has 0 saturated heterocycles. The van der Waals surface area contributed by atoms with Crippen LogP contribution < -0.4 is 10.9 Å². The summed E-state index contributed by atoms with van der Waals surface area (Å²) in [4.78, 5) is 12.9. The van der Waals surface area contributed by atoms with Crippen molar-refractivity contribution in [3.63, 3.8) is 0 Å². The lowest BCUT2D eigenvalue weighted by molar-refractivity contribution is 0.0963. The van der Waals surface area contributed by atoms with Crippen molar-refractivity contribution in [2.24, 2.45) is 0 Å². The maximum atomic E-state index is 12.9. The molecule has 0 aliphatic rings. The lowest BCUT2D eigenvalue weighted by Gasteiger charge is -2.09. The van der Waals surface area contributed by atoms with Gasteiger partial charge in [0.15, 0.2) is 0 Å². The number of hydrazine groups is 1. The zero-order chi connectivity index (χ0) is 19.3. The van der Waals surface area contributed by atoms with Gasteiger partial charge in [0, 0.05) is 11.8 Å². The molecular formula is C23H20N4O. The number of carbonyl (C=O) groups excluding carboxylic acids is 1. The molecule has 28 heavy (non-hydrogen) atoms. The summed E-state index contributed by atoms with van der Waals surface area (Å²) in [7, 11) is 0. The predicted octanol–water partition coefficient (Wildman–Crippen LogP) is 4.60. The van der Waals surface area contributed by atoms with E-state index in [1.54, 1.807) is 10.9 Å². The number of aryl methyl sites for hydroxylation is 1. The molecule has 5 heteroatoms. The van der Waals surface area contributed by atoms with Gasteiger partial charge >= 0.3 is 0 Å². The number of rotatable bonds is 5.